The van der Waals surface area contributed by atoms with E-state index < -0.39 is 8.07 Å². The van der Waals surface area contributed by atoms with Gasteiger partial charge in [-0.1, -0.05) is 24.9 Å². The van der Waals surface area contributed by atoms with Gasteiger partial charge in [0.25, 0.3) is 0 Å². The quantitative estimate of drug-likeness (QED) is 0.406. The molecule has 0 aliphatic carbocycles. The van der Waals surface area contributed by atoms with Gasteiger partial charge in [0.05, 0.1) is 6.42 Å². The number of hydrogen-bond acceptors (Lipinski definition) is 0. The van der Waals surface area contributed by atoms with Crippen LogP contribution in [0.5, 0.6) is 0 Å². The lowest BCUT2D eigenvalue weighted by atomic mass is 10.5. The average Bonchev–Trinajstić information content (AvgIpc) is 1.87. The van der Waals surface area contributed by atoms with Crippen molar-refractivity contribution in [2.75, 3.05) is 0 Å². The van der Waals surface area contributed by atoms with E-state index in [1.807, 2.05) is 0 Å². The molecule has 0 rings (SSSR count). The van der Waals surface area contributed by atoms with Crippen LogP contribution in [0.2, 0.25) is 19.1 Å². The molecule has 0 aliphatic rings. The van der Waals surface area contributed by atoms with Gasteiger partial charge in [-0.15, -0.1) is 24.3 Å². The fraction of sp³-hybridized carbons (Fsp3) is 0.400. The third-order valence-corrected chi connectivity index (χ3v) is 3.10. The van der Waals surface area contributed by atoms with E-state index in [9.17, 15) is 0 Å². The van der Waals surface area contributed by atoms with Gasteiger partial charge >= 0.3 is 0 Å². The smallest absolute Gasteiger partial charge is 0.130 e. The van der Waals surface area contributed by atoms with Crippen LogP contribution >= 0.6 is 0 Å². The largest absolute Gasteiger partial charge is 0.144 e. The Morgan fingerprint density at radius 3 is 2.27 bits per heavy atom. The third-order valence-electron chi connectivity index (χ3n) is 1.16. The number of hydrogen-bond donors (Lipinski definition) is 0. The van der Waals surface area contributed by atoms with Gasteiger partial charge in [0.1, 0.15) is 8.07 Å². The zero-order chi connectivity index (χ0) is 8.74. The SMILES string of the molecule is C#CCC#C[Si](C)(C)CC#C. The lowest BCUT2D eigenvalue weighted by Crippen LogP contribution is -2.21. The van der Waals surface area contributed by atoms with E-state index >= 15 is 0 Å². The van der Waals surface area contributed by atoms with E-state index in [2.05, 4.69) is 36.4 Å². The van der Waals surface area contributed by atoms with Gasteiger partial charge in [-0.2, -0.15) is 0 Å². The summed E-state index contributed by atoms with van der Waals surface area (Å²) in [4.78, 5) is 0. The maximum Gasteiger partial charge on any atom is 0.144 e. The molecule has 0 saturated carbocycles. The molecule has 0 amide bonds. The molecule has 0 fully saturated rings. The number of terminal acetylenes is 2. The van der Waals surface area contributed by atoms with Gasteiger partial charge in [0.2, 0.25) is 0 Å². The summed E-state index contributed by atoms with van der Waals surface area (Å²) in [5.74, 6) is 8.06. The molecule has 11 heavy (non-hydrogen) atoms. The van der Waals surface area contributed by atoms with Crippen molar-refractivity contribution in [3.05, 3.63) is 0 Å². The highest BCUT2D eigenvalue weighted by Gasteiger charge is 2.15. The van der Waals surface area contributed by atoms with Crippen LogP contribution in [0.4, 0.5) is 0 Å². The lowest BCUT2D eigenvalue weighted by Gasteiger charge is -2.08. The van der Waals surface area contributed by atoms with Crippen LogP contribution in [0.25, 0.3) is 0 Å². The molecule has 1 heteroatoms. The minimum atomic E-state index is -1.43. The monoisotopic (exact) mass is 160 g/mol. The zero-order valence-electron chi connectivity index (χ0n) is 7.07. The van der Waals surface area contributed by atoms with Crippen LogP contribution in [-0.4, -0.2) is 8.07 Å². The molecule has 0 aromatic carbocycles. The van der Waals surface area contributed by atoms with E-state index in [0.717, 1.165) is 6.04 Å². The van der Waals surface area contributed by atoms with Gasteiger partial charge in [-0.05, 0) is 0 Å². The van der Waals surface area contributed by atoms with Crippen molar-refractivity contribution in [3.8, 4) is 36.2 Å². The highest BCUT2D eigenvalue weighted by molar-refractivity contribution is 6.85. The molecular formula is C10H12Si. The highest BCUT2D eigenvalue weighted by atomic mass is 28.3. The van der Waals surface area contributed by atoms with E-state index in [1.165, 1.54) is 0 Å². The third kappa shape index (κ3) is 5.35. The predicted octanol–water partition coefficient (Wildman–Crippen LogP) is 1.89. The second-order valence-corrected chi connectivity index (χ2v) is 7.32. The Morgan fingerprint density at radius 1 is 1.18 bits per heavy atom. The molecule has 0 aromatic heterocycles. The molecule has 0 spiro atoms. The molecule has 0 aliphatic heterocycles. The Balaban J connectivity index is 4.07. The van der Waals surface area contributed by atoms with E-state index in [-0.39, 0.29) is 0 Å². The van der Waals surface area contributed by atoms with Crippen LogP contribution in [0.1, 0.15) is 6.42 Å². The number of rotatable bonds is 1. The Morgan fingerprint density at radius 2 is 1.82 bits per heavy atom. The summed E-state index contributed by atoms with van der Waals surface area (Å²) in [7, 11) is -1.43. The van der Waals surface area contributed by atoms with Crippen molar-refractivity contribution >= 4 is 8.07 Å². The minimum Gasteiger partial charge on any atom is -0.130 e. The fourth-order valence-electron chi connectivity index (χ4n) is 0.634. The minimum absolute atomic E-state index is 0.543. The van der Waals surface area contributed by atoms with Gasteiger partial charge < -0.3 is 0 Å². The molecule has 0 aromatic rings. The van der Waals surface area contributed by atoms with Crippen LogP contribution < -0.4 is 0 Å². The summed E-state index contributed by atoms with van der Waals surface area (Å²) in [6, 6.07) is 0.810. The van der Waals surface area contributed by atoms with Crippen LogP contribution in [0.3, 0.4) is 0 Å². The summed E-state index contributed by atoms with van der Waals surface area (Å²) in [5.41, 5.74) is 3.16. The van der Waals surface area contributed by atoms with E-state index in [1.54, 1.807) is 0 Å². The lowest BCUT2D eigenvalue weighted by molar-refractivity contribution is 1.56. The normalized spacial score (nSPS) is 8.73. The summed E-state index contributed by atoms with van der Waals surface area (Å²) >= 11 is 0. The molecular weight excluding hydrogens is 148 g/mol. The summed E-state index contributed by atoms with van der Waals surface area (Å²) in [5, 5.41) is 0. The molecule has 0 atom stereocenters. The Kier molecular flexibility index (Phi) is 4.20. The van der Waals surface area contributed by atoms with Crippen LogP contribution in [0, 0.1) is 36.2 Å². The fourth-order valence-corrected chi connectivity index (χ4v) is 1.80. The van der Waals surface area contributed by atoms with E-state index in [0.29, 0.717) is 6.42 Å². The van der Waals surface area contributed by atoms with Gasteiger partial charge in [0, 0.05) is 6.04 Å². The van der Waals surface area contributed by atoms with Crippen molar-refractivity contribution in [2.45, 2.75) is 25.6 Å². The molecule has 0 saturated heterocycles. The van der Waals surface area contributed by atoms with Gasteiger partial charge in [-0.3, -0.25) is 0 Å². The molecule has 0 heterocycles. The predicted molar refractivity (Wildman–Crippen MR) is 52.3 cm³/mol. The summed E-state index contributed by atoms with van der Waals surface area (Å²) in [6.07, 6.45) is 10.8. The summed E-state index contributed by atoms with van der Waals surface area (Å²) < 4.78 is 0. The van der Waals surface area contributed by atoms with Crippen molar-refractivity contribution in [2.24, 2.45) is 0 Å². The highest BCUT2D eigenvalue weighted by Crippen LogP contribution is 2.05. The molecule has 0 N–H and O–H groups in total. The topological polar surface area (TPSA) is 0 Å². The van der Waals surface area contributed by atoms with Gasteiger partial charge in [-0.25, -0.2) is 0 Å². The van der Waals surface area contributed by atoms with Crippen molar-refractivity contribution in [1.82, 2.24) is 0 Å². The van der Waals surface area contributed by atoms with E-state index in [4.69, 9.17) is 12.8 Å². The van der Waals surface area contributed by atoms with Crippen molar-refractivity contribution in [3.63, 3.8) is 0 Å². The summed E-state index contributed by atoms with van der Waals surface area (Å²) in [6.45, 7) is 4.30. The molecule has 56 valence electrons. The molecule has 0 nitrogen and oxygen atoms in total. The van der Waals surface area contributed by atoms with Crippen LogP contribution in [0.15, 0.2) is 0 Å². The second kappa shape index (κ2) is 4.67. The Hall–Kier alpha value is -1.10. The maximum atomic E-state index is 5.20. The standard InChI is InChI=1S/C10H12Si/c1-5-7-8-10-11(3,4)9-6-2/h1-2H,7,9H2,3-4H3. The average molecular weight is 160 g/mol. The van der Waals surface area contributed by atoms with Crippen molar-refractivity contribution in [1.29, 1.82) is 0 Å². The van der Waals surface area contributed by atoms with Gasteiger partial charge in [0.15, 0.2) is 0 Å². The maximum absolute atomic E-state index is 5.20. The van der Waals surface area contributed by atoms with Crippen molar-refractivity contribution < 1.29 is 0 Å². The zero-order valence-corrected chi connectivity index (χ0v) is 8.07. The first kappa shape index (κ1) is 9.90. The molecule has 0 bridgehead atoms. The molecule has 0 radical (unpaired) electrons. The first-order chi connectivity index (χ1) is 5.12. The Bertz CT molecular complexity index is 249. The molecule has 0 unspecified atom stereocenters. The first-order valence-electron chi connectivity index (χ1n) is 3.49. The Labute approximate surface area is 70.4 Å². The second-order valence-electron chi connectivity index (χ2n) is 2.95. The van der Waals surface area contributed by atoms with Crippen LogP contribution in [-0.2, 0) is 0 Å². The first-order valence-corrected chi connectivity index (χ1v) is 6.70.